The molecule has 26 heavy (non-hydrogen) atoms. The highest BCUT2D eigenvalue weighted by molar-refractivity contribution is 6.33. The number of nitrogens with zero attached hydrogens (tertiary/aromatic N) is 2. The average Bonchev–Trinajstić information content (AvgIpc) is 3.11. The Morgan fingerprint density at radius 3 is 2.62 bits per heavy atom. The minimum Gasteiger partial charge on any atom is -0.478 e. The summed E-state index contributed by atoms with van der Waals surface area (Å²) in [7, 11) is 0. The van der Waals surface area contributed by atoms with Crippen LogP contribution < -0.4 is 5.43 Å². The Kier molecular flexibility index (Phi) is 5.09. The number of halogens is 1. The van der Waals surface area contributed by atoms with E-state index in [-0.39, 0.29) is 11.5 Å². The molecule has 3 aromatic rings. The van der Waals surface area contributed by atoms with E-state index >= 15 is 0 Å². The molecule has 0 saturated heterocycles. The van der Waals surface area contributed by atoms with Gasteiger partial charge in [0.25, 0.3) is 5.91 Å². The average molecular weight is 370 g/mol. The van der Waals surface area contributed by atoms with E-state index in [2.05, 4.69) is 15.5 Å². The number of carbonyl (C=O) groups is 2. The number of amides is 1. The lowest BCUT2D eigenvalue weighted by Gasteiger charge is -2.02. The van der Waals surface area contributed by atoms with E-state index in [1.807, 2.05) is 0 Å². The molecule has 7 nitrogen and oxygen atoms in total. The molecule has 0 aliphatic rings. The molecule has 0 fully saturated rings. The quantitative estimate of drug-likeness (QED) is 0.529. The fraction of sp³-hybridized carbons (Fsp3) is 0. The molecular formula is C18H12ClN3O4. The SMILES string of the molecule is O=C(O)c1ccc(Cl)c(-c2ccc(/C=N\NC(=O)c3ccncc3)o2)c1. The van der Waals surface area contributed by atoms with Crippen LogP contribution in [0.15, 0.2) is 64.4 Å². The van der Waals surface area contributed by atoms with Gasteiger partial charge in [0.15, 0.2) is 0 Å². The Hall–Kier alpha value is -3.45. The second kappa shape index (κ2) is 7.62. The predicted octanol–water partition coefficient (Wildman–Crippen LogP) is 3.46. The number of carboxylic acids is 1. The molecule has 8 heteroatoms. The molecule has 1 aromatic carbocycles. The van der Waals surface area contributed by atoms with Gasteiger partial charge < -0.3 is 9.52 Å². The van der Waals surface area contributed by atoms with Crippen molar-refractivity contribution in [1.29, 1.82) is 0 Å². The van der Waals surface area contributed by atoms with Gasteiger partial charge in [0.05, 0.1) is 16.8 Å². The van der Waals surface area contributed by atoms with Gasteiger partial charge in [-0.05, 0) is 42.5 Å². The Morgan fingerprint density at radius 2 is 1.88 bits per heavy atom. The van der Waals surface area contributed by atoms with Crippen LogP contribution in [-0.2, 0) is 0 Å². The summed E-state index contributed by atoms with van der Waals surface area (Å²) in [6, 6.07) is 10.7. The number of nitrogens with one attached hydrogen (secondary N) is 1. The number of hydrazone groups is 1. The van der Waals surface area contributed by atoms with Gasteiger partial charge in [0.1, 0.15) is 11.5 Å². The number of furan rings is 1. The molecule has 0 unspecified atom stereocenters. The van der Waals surface area contributed by atoms with Crippen molar-refractivity contribution in [3.05, 3.63) is 76.8 Å². The summed E-state index contributed by atoms with van der Waals surface area (Å²) in [6.07, 6.45) is 4.34. The van der Waals surface area contributed by atoms with Crippen molar-refractivity contribution in [1.82, 2.24) is 10.4 Å². The Bertz CT molecular complexity index is 983. The molecular weight excluding hydrogens is 358 g/mol. The molecule has 0 atom stereocenters. The number of rotatable bonds is 5. The highest BCUT2D eigenvalue weighted by Crippen LogP contribution is 2.30. The maximum absolute atomic E-state index is 11.9. The smallest absolute Gasteiger partial charge is 0.335 e. The first-order valence-electron chi connectivity index (χ1n) is 7.41. The number of pyridine rings is 1. The molecule has 2 N–H and O–H groups in total. The molecule has 0 aliphatic heterocycles. The first-order valence-corrected chi connectivity index (χ1v) is 7.79. The first-order chi connectivity index (χ1) is 12.5. The molecule has 2 heterocycles. The highest BCUT2D eigenvalue weighted by Gasteiger charge is 2.12. The summed E-state index contributed by atoms with van der Waals surface area (Å²) in [6.45, 7) is 0. The molecule has 0 spiro atoms. The zero-order valence-electron chi connectivity index (χ0n) is 13.2. The van der Waals surface area contributed by atoms with Gasteiger partial charge in [-0.2, -0.15) is 5.10 Å². The first kappa shape index (κ1) is 17.4. The Morgan fingerprint density at radius 1 is 1.12 bits per heavy atom. The van der Waals surface area contributed by atoms with Crippen molar-refractivity contribution >= 4 is 29.7 Å². The lowest BCUT2D eigenvalue weighted by atomic mass is 10.1. The van der Waals surface area contributed by atoms with Crippen molar-refractivity contribution in [2.75, 3.05) is 0 Å². The second-order valence-electron chi connectivity index (χ2n) is 5.14. The van der Waals surface area contributed by atoms with Crippen LogP contribution in [0.4, 0.5) is 0 Å². The van der Waals surface area contributed by atoms with E-state index in [9.17, 15) is 9.59 Å². The fourth-order valence-corrected chi connectivity index (χ4v) is 2.35. The molecule has 1 amide bonds. The third kappa shape index (κ3) is 3.96. The van der Waals surface area contributed by atoms with E-state index in [1.165, 1.54) is 36.8 Å². The molecule has 2 aromatic heterocycles. The summed E-state index contributed by atoms with van der Waals surface area (Å²) in [5.41, 5.74) is 3.35. The third-order valence-corrected chi connectivity index (χ3v) is 3.74. The van der Waals surface area contributed by atoms with Gasteiger partial charge in [-0.25, -0.2) is 10.2 Å². The number of hydrogen-bond donors (Lipinski definition) is 2. The minimum atomic E-state index is -1.06. The molecule has 0 saturated carbocycles. The normalized spacial score (nSPS) is 10.8. The Balaban J connectivity index is 1.73. The maximum Gasteiger partial charge on any atom is 0.335 e. The lowest BCUT2D eigenvalue weighted by Crippen LogP contribution is -2.17. The van der Waals surface area contributed by atoms with Crippen molar-refractivity contribution in [3.8, 4) is 11.3 Å². The van der Waals surface area contributed by atoms with Crippen LogP contribution in [0.1, 0.15) is 26.5 Å². The van der Waals surface area contributed by atoms with Gasteiger partial charge in [0, 0.05) is 23.5 Å². The summed E-state index contributed by atoms with van der Waals surface area (Å²) in [4.78, 5) is 26.8. The van der Waals surface area contributed by atoms with Crippen LogP contribution in [0.3, 0.4) is 0 Å². The van der Waals surface area contributed by atoms with Crippen LogP contribution in [0, 0.1) is 0 Å². The van der Waals surface area contributed by atoms with Crippen LogP contribution in [0.25, 0.3) is 11.3 Å². The number of aromatic carboxylic acids is 1. The topological polar surface area (TPSA) is 105 Å². The monoisotopic (exact) mass is 369 g/mol. The van der Waals surface area contributed by atoms with Crippen LogP contribution in [0.2, 0.25) is 5.02 Å². The van der Waals surface area contributed by atoms with Crippen molar-refractivity contribution in [2.45, 2.75) is 0 Å². The zero-order valence-corrected chi connectivity index (χ0v) is 14.0. The van der Waals surface area contributed by atoms with E-state index in [4.69, 9.17) is 21.1 Å². The number of aromatic nitrogens is 1. The van der Waals surface area contributed by atoms with E-state index in [0.29, 0.717) is 27.7 Å². The van der Waals surface area contributed by atoms with Crippen LogP contribution in [-0.4, -0.2) is 28.2 Å². The number of benzene rings is 1. The number of hydrogen-bond acceptors (Lipinski definition) is 5. The predicted molar refractivity (Wildman–Crippen MR) is 95.4 cm³/mol. The number of carboxylic acid groups (broad SMARTS) is 1. The molecule has 0 aliphatic carbocycles. The molecule has 130 valence electrons. The molecule has 3 rings (SSSR count). The van der Waals surface area contributed by atoms with E-state index < -0.39 is 5.97 Å². The van der Waals surface area contributed by atoms with Gasteiger partial charge >= 0.3 is 5.97 Å². The van der Waals surface area contributed by atoms with Crippen LogP contribution in [0.5, 0.6) is 0 Å². The minimum absolute atomic E-state index is 0.0978. The largest absolute Gasteiger partial charge is 0.478 e. The van der Waals surface area contributed by atoms with Crippen LogP contribution >= 0.6 is 11.6 Å². The van der Waals surface area contributed by atoms with Crippen molar-refractivity contribution in [2.24, 2.45) is 5.10 Å². The summed E-state index contributed by atoms with van der Waals surface area (Å²) >= 11 is 6.11. The molecule has 0 bridgehead atoms. The van der Waals surface area contributed by atoms with Gasteiger partial charge in [-0.1, -0.05) is 11.6 Å². The highest BCUT2D eigenvalue weighted by atomic mass is 35.5. The summed E-state index contributed by atoms with van der Waals surface area (Å²) in [5.74, 6) is -0.686. The fourth-order valence-electron chi connectivity index (χ4n) is 2.14. The summed E-state index contributed by atoms with van der Waals surface area (Å²) < 4.78 is 5.58. The van der Waals surface area contributed by atoms with Crippen molar-refractivity contribution in [3.63, 3.8) is 0 Å². The van der Waals surface area contributed by atoms with Gasteiger partial charge in [-0.3, -0.25) is 9.78 Å². The van der Waals surface area contributed by atoms with E-state index in [1.54, 1.807) is 24.3 Å². The third-order valence-electron chi connectivity index (χ3n) is 3.41. The second-order valence-corrected chi connectivity index (χ2v) is 5.54. The maximum atomic E-state index is 11.9. The lowest BCUT2D eigenvalue weighted by molar-refractivity contribution is 0.0696. The van der Waals surface area contributed by atoms with Gasteiger partial charge in [0.2, 0.25) is 0 Å². The Labute approximate surface area is 152 Å². The number of carbonyl (C=O) groups excluding carboxylic acids is 1. The summed E-state index contributed by atoms with van der Waals surface area (Å²) in [5, 5.41) is 13.3. The van der Waals surface area contributed by atoms with E-state index in [0.717, 1.165) is 0 Å². The zero-order chi connectivity index (χ0) is 18.5. The van der Waals surface area contributed by atoms with Gasteiger partial charge in [-0.15, -0.1) is 0 Å². The standard InChI is InChI=1S/C18H12ClN3O4/c19-15-3-1-12(18(24)25)9-14(15)16-4-2-13(26-16)10-21-22-17(23)11-5-7-20-8-6-11/h1-10H,(H,22,23)(H,24,25)/b21-10-. The van der Waals surface area contributed by atoms with Crippen molar-refractivity contribution < 1.29 is 19.1 Å². The molecule has 0 radical (unpaired) electrons.